The van der Waals surface area contributed by atoms with Crippen LogP contribution in [-0.2, 0) is 4.79 Å². The third-order valence-electron chi connectivity index (χ3n) is 6.47. The fourth-order valence-corrected chi connectivity index (χ4v) is 4.61. The molecule has 1 atom stereocenters. The second-order valence-electron chi connectivity index (χ2n) is 8.94. The summed E-state index contributed by atoms with van der Waals surface area (Å²) in [6, 6.07) is 10.2. The first-order chi connectivity index (χ1) is 15.2. The SMILES string of the molecule is Cc1ccc(-c2nccc(N3CCC[C@@H](C(=O)NCCCN4CCCCC4)C3)n2)cc1. The van der Waals surface area contributed by atoms with Gasteiger partial charge in [0, 0.05) is 31.4 Å². The lowest BCUT2D eigenvalue weighted by Gasteiger charge is -2.33. The first-order valence-electron chi connectivity index (χ1n) is 11.8. The van der Waals surface area contributed by atoms with Crippen LogP contribution in [0.25, 0.3) is 11.4 Å². The quantitative estimate of drug-likeness (QED) is 0.692. The van der Waals surface area contributed by atoms with E-state index in [-0.39, 0.29) is 11.8 Å². The van der Waals surface area contributed by atoms with Gasteiger partial charge < -0.3 is 15.1 Å². The van der Waals surface area contributed by atoms with E-state index in [2.05, 4.69) is 51.3 Å². The number of piperidine rings is 2. The molecule has 0 unspecified atom stereocenters. The van der Waals surface area contributed by atoms with Crippen LogP contribution in [0.2, 0.25) is 0 Å². The zero-order valence-corrected chi connectivity index (χ0v) is 18.7. The van der Waals surface area contributed by atoms with Crippen LogP contribution in [0.1, 0.15) is 44.1 Å². The molecule has 2 aromatic rings. The number of carbonyl (C=O) groups excluding carboxylic acids is 1. The van der Waals surface area contributed by atoms with Crippen molar-refractivity contribution in [1.82, 2.24) is 20.2 Å². The van der Waals surface area contributed by atoms with Gasteiger partial charge in [0.25, 0.3) is 0 Å². The summed E-state index contributed by atoms with van der Waals surface area (Å²) >= 11 is 0. The molecule has 6 nitrogen and oxygen atoms in total. The van der Waals surface area contributed by atoms with E-state index in [0.29, 0.717) is 0 Å². The Kier molecular flexibility index (Phi) is 7.52. The lowest BCUT2D eigenvalue weighted by Crippen LogP contribution is -2.44. The fraction of sp³-hybridized carbons (Fsp3) is 0.560. The van der Waals surface area contributed by atoms with Crippen LogP contribution in [0.3, 0.4) is 0 Å². The monoisotopic (exact) mass is 421 g/mol. The number of hydrogen-bond donors (Lipinski definition) is 1. The van der Waals surface area contributed by atoms with Crippen molar-refractivity contribution in [2.24, 2.45) is 5.92 Å². The molecule has 0 radical (unpaired) electrons. The van der Waals surface area contributed by atoms with Gasteiger partial charge >= 0.3 is 0 Å². The molecule has 0 aliphatic carbocycles. The van der Waals surface area contributed by atoms with Crippen LogP contribution in [0.4, 0.5) is 5.82 Å². The normalized spacial score (nSPS) is 19.9. The van der Waals surface area contributed by atoms with Crippen molar-refractivity contribution in [3.63, 3.8) is 0 Å². The van der Waals surface area contributed by atoms with Crippen LogP contribution in [-0.4, -0.2) is 60.0 Å². The molecule has 1 aromatic carbocycles. The Labute approximate surface area is 186 Å². The molecule has 166 valence electrons. The smallest absolute Gasteiger partial charge is 0.224 e. The van der Waals surface area contributed by atoms with E-state index >= 15 is 0 Å². The number of hydrogen-bond acceptors (Lipinski definition) is 5. The third-order valence-corrected chi connectivity index (χ3v) is 6.47. The van der Waals surface area contributed by atoms with Crippen LogP contribution in [0, 0.1) is 12.8 Å². The second-order valence-corrected chi connectivity index (χ2v) is 8.94. The molecule has 3 heterocycles. The summed E-state index contributed by atoms with van der Waals surface area (Å²) in [5.41, 5.74) is 2.24. The number of amides is 1. The van der Waals surface area contributed by atoms with Gasteiger partial charge in [-0.2, -0.15) is 0 Å². The Morgan fingerprint density at radius 2 is 1.87 bits per heavy atom. The highest BCUT2D eigenvalue weighted by molar-refractivity contribution is 5.79. The number of anilines is 1. The average molecular weight is 422 g/mol. The van der Waals surface area contributed by atoms with E-state index in [1.54, 1.807) is 0 Å². The lowest BCUT2D eigenvalue weighted by atomic mass is 9.97. The highest BCUT2D eigenvalue weighted by Gasteiger charge is 2.26. The molecular formula is C25H35N5O. The van der Waals surface area contributed by atoms with E-state index in [1.165, 1.54) is 37.9 Å². The van der Waals surface area contributed by atoms with Crippen molar-refractivity contribution in [3.05, 3.63) is 42.1 Å². The van der Waals surface area contributed by atoms with Crippen molar-refractivity contribution in [3.8, 4) is 11.4 Å². The van der Waals surface area contributed by atoms with Gasteiger partial charge in [-0.15, -0.1) is 0 Å². The Balaban J connectivity index is 1.29. The van der Waals surface area contributed by atoms with Crippen molar-refractivity contribution in [2.45, 2.75) is 45.4 Å². The first kappa shape index (κ1) is 21.8. The number of nitrogens with zero attached hydrogens (tertiary/aromatic N) is 4. The van der Waals surface area contributed by atoms with Crippen LogP contribution in [0.15, 0.2) is 36.5 Å². The zero-order valence-electron chi connectivity index (χ0n) is 18.7. The summed E-state index contributed by atoms with van der Waals surface area (Å²) < 4.78 is 0. The maximum Gasteiger partial charge on any atom is 0.224 e. The highest BCUT2D eigenvalue weighted by atomic mass is 16.1. The molecule has 1 amide bonds. The summed E-state index contributed by atoms with van der Waals surface area (Å²) in [6.45, 7) is 8.04. The van der Waals surface area contributed by atoms with Gasteiger partial charge in [-0.1, -0.05) is 36.2 Å². The summed E-state index contributed by atoms with van der Waals surface area (Å²) in [6.07, 6.45) is 8.82. The van der Waals surface area contributed by atoms with Gasteiger partial charge in [0.15, 0.2) is 5.82 Å². The summed E-state index contributed by atoms with van der Waals surface area (Å²) in [7, 11) is 0. The number of nitrogens with one attached hydrogen (secondary N) is 1. The van der Waals surface area contributed by atoms with Crippen molar-refractivity contribution in [2.75, 3.05) is 44.2 Å². The molecule has 2 fully saturated rings. The molecule has 6 heteroatoms. The van der Waals surface area contributed by atoms with Gasteiger partial charge in [-0.3, -0.25) is 4.79 Å². The number of rotatable bonds is 7. The van der Waals surface area contributed by atoms with E-state index < -0.39 is 0 Å². The zero-order chi connectivity index (χ0) is 21.5. The van der Waals surface area contributed by atoms with Crippen molar-refractivity contribution in [1.29, 1.82) is 0 Å². The van der Waals surface area contributed by atoms with E-state index in [4.69, 9.17) is 4.98 Å². The molecule has 4 rings (SSSR count). The maximum absolute atomic E-state index is 12.8. The number of carbonyl (C=O) groups is 1. The van der Waals surface area contributed by atoms with Gasteiger partial charge in [0.2, 0.25) is 5.91 Å². The highest BCUT2D eigenvalue weighted by Crippen LogP contribution is 2.24. The molecular weight excluding hydrogens is 386 g/mol. The summed E-state index contributed by atoms with van der Waals surface area (Å²) in [5.74, 6) is 1.87. The van der Waals surface area contributed by atoms with Crippen molar-refractivity contribution >= 4 is 11.7 Å². The van der Waals surface area contributed by atoms with Crippen LogP contribution < -0.4 is 10.2 Å². The molecule has 0 saturated carbocycles. The Hall–Kier alpha value is -2.47. The minimum Gasteiger partial charge on any atom is -0.356 e. The van der Waals surface area contributed by atoms with Crippen LogP contribution in [0.5, 0.6) is 0 Å². The van der Waals surface area contributed by atoms with Gasteiger partial charge in [0.05, 0.1) is 5.92 Å². The predicted molar refractivity (Wildman–Crippen MR) is 125 cm³/mol. The Morgan fingerprint density at radius 1 is 1.06 bits per heavy atom. The largest absolute Gasteiger partial charge is 0.356 e. The standard InChI is InChI=1S/C25H35N5O/c1-20-8-10-21(11-9-20)24-26-14-12-23(28-24)30-18-5-7-22(19-30)25(31)27-13-6-17-29-15-3-2-4-16-29/h8-12,14,22H,2-7,13,15-19H2,1H3,(H,27,31)/t22-/m1/s1. The topological polar surface area (TPSA) is 61.4 Å². The van der Waals surface area contributed by atoms with Gasteiger partial charge in [0.1, 0.15) is 5.82 Å². The molecule has 2 aliphatic heterocycles. The Bertz CT molecular complexity index is 847. The number of aryl methyl sites for hydroxylation is 1. The number of aromatic nitrogens is 2. The summed E-state index contributed by atoms with van der Waals surface area (Å²) in [5, 5.41) is 3.18. The second kappa shape index (κ2) is 10.7. The van der Waals surface area contributed by atoms with Crippen LogP contribution >= 0.6 is 0 Å². The number of benzene rings is 1. The van der Waals surface area contributed by atoms with E-state index in [0.717, 1.165) is 62.6 Å². The van der Waals surface area contributed by atoms with E-state index in [9.17, 15) is 4.79 Å². The molecule has 0 spiro atoms. The summed E-state index contributed by atoms with van der Waals surface area (Å²) in [4.78, 5) is 26.8. The predicted octanol–water partition coefficient (Wildman–Crippen LogP) is 3.66. The minimum atomic E-state index is 0.0292. The fourth-order valence-electron chi connectivity index (χ4n) is 4.61. The van der Waals surface area contributed by atoms with E-state index in [1.807, 2.05) is 12.3 Å². The third kappa shape index (κ3) is 6.03. The number of likely N-dealkylation sites (tertiary alicyclic amines) is 1. The van der Waals surface area contributed by atoms with Crippen molar-refractivity contribution < 1.29 is 4.79 Å². The molecule has 0 bridgehead atoms. The molecule has 1 aromatic heterocycles. The lowest BCUT2D eigenvalue weighted by molar-refractivity contribution is -0.125. The molecule has 2 aliphatic rings. The molecule has 1 N–H and O–H groups in total. The minimum absolute atomic E-state index is 0.0292. The van der Waals surface area contributed by atoms with Gasteiger partial charge in [-0.05, 0) is 64.7 Å². The van der Waals surface area contributed by atoms with Gasteiger partial charge in [-0.25, -0.2) is 9.97 Å². The first-order valence-corrected chi connectivity index (χ1v) is 11.8. The Morgan fingerprint density at radius 3 is 2.68 bits per heavy atom. The average Bonchev–Trinajstić information content (AvgIpc) is 2.83. The molecule has 2 saturated heterocycles. The molecule has 31 heavy (non-hydrogen) atoms. The maximum atomic E-state index is 12.8.